The van der Waals surface area contributed by atoms with E-state index in [-0.39, 0.29) is 24.2 Å². The summed E-state index contributed by atoms with van der Waals surface area (Å²) in [5.41, 5.74) is 0.609. The van der Waals surface area contributed by atoms with E-state index in [4.69, 9.17) is 9.84 Å². The van der Waals surface area contributed by atoms with Gasteiger partial charge in [-0.25, -0.2) is 19.6 Å². The first-order valence-corrected chi connectivity index (χ1v) is 9.93. The molecule has 164 valence electrons. The highest BCUT2D eigenvalue weighted by Gasteiger charge is 2.38. The van der Waals surface area contributed by atoms with Gasteiger partial charge in [-0.05, 0) is 37.1 Å². The first-order valence-electron chi connectivity index (χ1n) is 9.93. The number of hydrogen-bond acceptors (Lipinski definition) is 8. The van der Waals surface area contributed by atoms with Crippen molar-refractivity contribution in [1.82, 2.24) is 9.97 Å². The Labute approximate surface area is 177 Å². The Morgan fingerprint density at radius 2 is 2.13 bits per heavy atom. The molecule has 31 heavy (non-hydrogen) atoms. The van der Waals surface area contributed by atoms with Crippen LogP contribution in [0, 0.1) is 0 Å². The lowest BCUT2D eigenvalue weighted by Gasteiger charge is -2.45. The maximum atomic E-state index is 13.1. The fourth-order valence-corrected chi connectivity index (χ4v) is 3.76. The Morgan fingerprint density at radius 3 is 2.84 bits per heavy atom. The summed E-state index contributed by atoms with van der Waals surface area (Å²) in [6.45, 7) is 1.00. The molecule has 2 aliphatic heterocycles. The van der Waals surface area contributed by atoms with Crippen LogP contribution < -0.4 is 19.9 Å². The second-order valence-corrected chi connectivity index (χ2v) is 7.41. The number of pyridine rings is 2. The maximum Gasteiger partial charge on any atom is 0.354 e. The van der Waals surface area contributed by atoms with Crippen LogP contribution in [0.5, 0.6) is 5.75 Å². The summed E-state index contributed by atoms with van der Waals surface area (Å²) in [5, 5.41) is 30.2. The van der Waals surface area contributed by atoms with Crippen molar-refractivity contribution < 1.29 is 29.6 Å². The van der Waals surface area contributed by atoms with E-state index >= 15 is 0 Å². The molecule has 2 aromatic rings. The van der Waals surface area contributed by atoms with Crippen molar-refractivity contribution >= 4 is 29.3 Å². The Balaban J connectivity index is 1.53. The molecule has 4 rings (SSSR count). The van der Waals surface area contributed by atoms with E-state index in [1.807, 2.05) is 0 Å². The lowest BCUT2D eigenvalue weighted by Crippen LogP contribution is -2.56. The van der Waals surface area contributed by atoms with Crippen molar-refractivity contribution in [1.29, 1.82) is 0 Å². The van der Waals surface area contributed by atoms with Crippen molar-refractivity contribution in [3.05, 3.63) is 36.2 Å². The number of carbonyl (C=O) groups excluding carboxylic acids is 1. The van der Waals surface area contributed by atoms with Crippen molar-refractivity contribution in [3.63, 3.8) is 0 Å². The molecule has 11 heteroatoms. The number of piperidine rings is 1. The molecule has 0 unspecified atom stereocenters. The van der Waals surface area contributed by atoms with Gasteiger partial charge < -0.3 is 25.0 Å². The van der Waals surface area contributed by atoms with E-state index in [9.17, 15) is 19.8 Å². The summed E-state index contributed by atoms with van der Waals surface area (Å²) in [4.78, 5) is 36.6. The lowest BCUT2D eigenvalue weighted by atomic mass is 10.00. The number of aliphatic hydroxyl groups excluding tert-OH is 2. The molecule has 2 amide bonds. The van der Waals surface area contributed by atoms with Gasteiger partial charge in [-0.2, -0.15) is 0 Å². The molecular weight excluding hydrogens is 406 g/mol. The molecule has 2 bridgehead atoms. The third-order valence-electron chi connectivity index (χ3n) is 5.25. The quantitative estimate of drug-likeness (QED) is 0.526. The zero-order valence-electron chi connectivity index (χ0n) is 16.6. The van der Waals surface area contributed by atoms with Crippen molar-refractivity contribution in [2.45, 2.75) is 25.0 Å². The number of anilines is 3. The molecule has 1 fully saturated rings. The third kappa shape index (κ3) is 4.37. The SMILES string of the molecule is O=C(O)c1ccc2c(n1)N(C(=O)Nc1ccc(OC[C@@H](O)CO)cn1)[C@@H]1CCCN2C1. The second kappa shape index (κ2) is 8.74. The van der Waals surface area contributed by atoms with Crippen LogP contribution in [-0.2, 0) is 0 Å². The molecule has 1 saturated heterocycles. The van der Waals surface area contributed by atoms with Crippen molar-refractivity contribution in [3.8, 4) is 5.75 Å². The van der Waals surface area contributed by atoms with Crippen LogP contribution in [0.2, 0.25) is 0 Å². The average molecular weight is 429 g/mol. The third-order valence-corrected chi connectivity index (χ3v) is 5.25. The van der Waals surface area contributed by atoms with Crippen LogP contribution in [0.15, 0.2) is 30.5 Å². The lowest BCUT2D eigenvalue weighted by molar-refractivity contribution is 0.0535. The monoisotopic (exact) mass is 429 g/mol. The fraction of sp³-hybridized carbons (Fsp3) is 0.400. The Hall–Kier alpha value is -3.44. The van der Waals surface area contributed by atoms with E-state index in [0.29, 0.717) is 18.1 Å². The number of nitrogens with one attached hydrogen (secondary N) is 1. The number of amides is 2. The van der Waals surface area contributed by atoms with Crippen LogP contribution in [0.3, 0.4) is 0 Å². The van der Waals surface area contributed by atoms with Gasteiger partial charge in [0.05, 0.1) is 24.5 Å². The predicted octanol–water partition coefficient (Wildman–Crippen LogP) is 0.928. The molecule has 0 spiro atoms. The number of carbonyl (C=O) groups is 2. The molecule has 0 aliphatic carbocycles. The van der Waals surface area contributed by atoms with Gasteiger partial charge in [0.25, 0.3) is 0 Å². The first-order chi connectivity index (χ1) is 15.0. The average Bonchev–Trinajstić information content (AvgIpc) is 2.78. The highest BCUT2D eigenvalue weighted by Crippen LogP contribution is 2.38. The number of aromatic carboxylic acids is 1. The van der Waals surface area contributed by atoms with Crippen molar-refractivity contribution in [2.75, 3.05) is 41.4 Å². The Bertz CT molecular complexity index is 969. The number of hydrogen-bond donors (Lipinski definition) is 4. The summed E-state index contributed by atoms with van der Waals surface area (Å²) in [6, 6.07) is 5.71. The maximum absolute atomic E-state index is 13.1. The molecule has 2 aliphatic rings. The molecular formula is C20H23N5O6. The highest BCUT2D eigenvalue weighted by atomic mass is 16.5. The predicted molar refractivity (Wildman–Crippen MR) is 111 cm³/mol. The summed E-state index contributed by atoms with van der Waals surface area (Å²) >= 11 is 0. The molecule has 2 atom stereocenters. The molecule has 2 aromatic heterocycles. The standard InChI is InChI=1S/C20H23N5O6/c26-10-13(27)11-31-14-3-6-17(21-8-14)23-20(30)25-12-2-1-7-24(9-12)16-5-4-15(19(28)29)22-18(16)25/h3-6,8,12-13,26-27H,1-2,7,9-11H2,(H,28,29)(H,21,23,30)/t12-,13+/m1/s1. The summed E-state index contributed by atoms with van der Waals surface area (Å²) in [5.74, 6) is -0.164. The van der Waals surface area contributed by atoms with Crippen LogP contribution in [0.25, 0.3) is 0 Å². The number of carboxylic acids is 1. The van der Waals surface area contributed by atoms with Gasteiger partial charge >= 0.3 is 12.0 Å². The zero-order valence-corrected chi connectivity index (χ0v) is 16.6. The largest absolute Gasteiger partial charge is 0.489 e. The van der Waals surface area contributed by atoms with Crippen LogP contribution in [-0.4, -0.2) is 75.7 Å². The molecule has 4 heterocycles. The van der Waals surface area contributed by atoms with E-state index in [1.54, 1.807) is 18.2 Å². The number of carboxylic acid groups (broad SMARTS) is 1. The van der Waals surface area contributed by atoms with E-state index in [1.165, 1.54) is 17.2 Å². The zero-order chi connectivity index (χ0) is 22.0. The van der Waals surface area contributed by atoms with Gasteiger partial charge in [-0.3, -0.25) is 10.2 Å². The number of urea groups is 1. The molecule has 0 aromatic carbocycles. The second-order valence-electron chi connectivity index (χ2n) is 7.41. The van der Waals surface area contributed by atoms with Gasteiger partial charge in [-0.1, -0.05) is 0 Å². The Morgan fingerprint density at radius 1 is 1.29 bits per heavy atom. The highest BCUT2D eigenvalue weighted by molar-refractivity contribution is 6.04. The van der Waals surface area contributed by atoms with Gasteiger partial charge in [0.1, 0.15) is 24.3 Å². The van der Waals surface area contributed by atoms with Gasteiger partial charge in [0, 0.05) is 13.1 Å². The minimum Gasteiger partial charge on any atom is -0.489 e. The minimum absolute atomic E-state index is 0.0792. The fourth-order valence-electron chi connectivity index (χ4n) is 3.76. The van der Waals surface area contributed by atoms with Crippen LogP contribution in [0.1, 0.15) is 23.3 Å². The molecule has 11 nitrogen and oxygen atoms in total. The first kappa shape index (κ1) is 20.8. The summed E-state index contributed by atoms with van der Waals surface area (Å²) in [6.07, 6.45) is 2.11. The molecule has 0 saturated carbocycles. The number of aliphatic hydroxyl groups is 2. The number of fused-ring (bicyclic) bond motifs is 4. The van der Waals surface area contributed by atoms with E-state index < -0.39 is 24.7 Å². The molecule has 4 N–H and O–H groups in total. The normalized spacial score (nSPS) is 18.2. The number of aromatic nitrogens is 2. The molecule has 0 radical (unpaired) electrons. The van der Waals surface area contributed by atoms with Gasteiger partial charge in [-0.15, -0.1) is 0 Å². The van der Waals surface area contributed by atoms with Crippen LogP contribution in [0.4, 0.5) is 22.1 Å². The number of rotatable bonds is 6. The summed E-state index contributed by atoms with van der Waals surface area (Å²) < 4.78 is 5.30. The van der Waals surface area contributed by atoms with Crippen LogP contribution >= 0.6 is 0 Å². The summed E-state index contributed by atoms with van der Waals surface area (Å²) in [7, 11) is 0. The topological polar surface area (TPSA) is 148 Å². The van der Waals surface area contributed by atoms with E-state index in [0.717, 1.165) is 25.1 Å². The number of nitrogens with zero attached hydrogens (tertiary/aromatic N) is 4. The smallest absolute Gasteiger partial charge is 0.354 e. The van der Waals surface area contributed by atoms with Gasteiger partial charge in [0.15, 0.2) is 11.5 Å². The van der Waals surface area contributed by atoms with Gasteiger partial charge in [0.2, 0.25) is 0 Å². The minimum atomic E-state index is -1.16. The Kier molecular flexibility index (Phi) is 5.87. The van der Waals surface area contributed by atoms with E-state index in [2.05, 4.69) is 20.2 Å². The number of ether oxygens (including phenoxy) is 1. The van der Waals surface area contributed by atoms with Crippen molar-refractivity contribution in [2.24, 2.45) is 0 Å².